The molecule has 0 aromatic heterocycles. The number of nitrogens with one attached hydrogen (secondary N) is 1. The van der Waals surface area contributed by atoms with Crippen LogP contribution in [0.1, 0.15) is 55.3 Å². The molecule has 0 unspecified atom stereocenters. The minimum atomic E-state index is -0.713. The van der Waals surface area contributed by atoms with Gasteiger partial charge >= 0.3 is 0 Å². The van der Waals surface area contributed by atoms with Crippen LogP contribution in [0.4, 0.5) is 0 Å². The largest absolute Gasteiger partial charge is 0.388 e. The van der Waals surface area contributed by atoms with Crippen molar-refractivity contribution in [3.63, 3.8) is 0 Å². The Hall–Kier alpha value is -1.68. The molecule has 0 atom stereocenters. The highest BCUT2D eigenvalue weighted by Crippen LogP contribution is 2.28. The van der Waals surface area contributed by atoms with Gasteiger partial charge in [-0.05, 0) is 19.3 Å². The fourth-order valence-electron chi connectivity index (χ4n) is 2.74. The summed E-state index contributed by atoms with van der Waals surface area (Å²) in [5.74, 6) is -0.0194. The summed E-state index contributed by atoms with van der Waals surface area (Å²) in [6.45, 7) is 0.332. The number of carbonyl (C=O) groups is 2. The molecule has 1 amide bonds. The summed E-state index contributed by atoms with van der Waals surface area (Å²) in [5.41, 5.74) is -0.0200. The Labute approximate surface area is 125 Å². The predicted octanol–water partition coefficient (Wildman–Crippen LogP) is 2.46. The van der Waals surface area contributed by atoms with Gasteiger partial charge in [0.2, 0.25) is 5.91 Å². The zero-order valence-corrected chi connectivity index (χ0v) is 12.3. The first-order chi connectivity index (χ1) is 10.1. The number of carbonyl (C=O) groups excluding carboxylic acids is 2. The van der Waals surface area contributed by atoms with Crippen LogP contribution < -0.4 is 5.32 Å². The molecule has 0 spiro atoms. The van der Waals surface area contributed by atoms with Crippen LogP contribution in [0.3, 0.4) is 0 Å². The van der Waals surface area contributed by atoms with Crippen molar-refractivity contribution in [1.29, 1.82) is 0 Å². The van der Waals surface area contributed by atoms with Gasteiger partial charge < -0.3 is 10.4 Å². The van der Waals surface area contributed by atoms with Crippen LogP contribution in [-0.4, -0.2) is 28.9 Å². The zero-order valence-electron chi connectivity index (χ0n) is 12.3. The van der Waals surface area contributed by atoms with Crippen molar-refractivity contribution in [3.05, 3.63) is 35.9 Å². The van der Waals surface area contributed by atoms with E-state index >= 15 is 0 Å². The maximum Gasteiger partial charge on any atom is 0.220 e. The van der Waals surface area contributed by atoms with Crippen molar-refractivity contribution >= 4 is 11.7 Å². The molecule has 0 saturated heterocycles. The van der Waals surface area contributed by atoms with Crippen LogP contribution in [-0.2, 0) is 4.79 Å². The smallest absolute Gasteiger partial charge is 0.220 e. The second kappa shape index (κ2) is 7.36. The molecule has 114 valence electrons. The molecule has 0 radical (unpaired) electrons. The lowest BCUT2D eigenvalue weighted by molar-refractivity contribution is -0.122. The van der Waals surface area contributed by atoms with Gasteiger partial charge in [0.05, 0.1) is 5.60 Å². The Bertz CT molecular complexity index is 478. The van der Waals surface area contributed by atoms with Crippen LogP contribution >= 0.6 is 0 Å². The number of hydrogen-bond acceptors (Lipinski definition) is 3. The summed E-state index contributed by atoms with van der Waals surface area (Å²) in [4.78, 5) is 23.6. The fourth-order valence-corrected chi connectivity index (χ4v) is 2.74. The van der Waals surface area contributed by atoms with Gasteiger partial charge in [0.25, 0.3) is 0 Å². The number of hydrogen-bond donors (Lipinski definition) is 2. The SMILES string of the molecule is O=C(CCCC(=O)c1ccccc1)NCC1(O)CCCC1. The second-order valence-electron chi connectivity index (χ2n) is 5.85. The molecule has 0 bridgehead atoms. The Morgan fingerprint density at radius 2 is 1.76 bits per heavy atom. The van der Waals surface area contributed by atoms with Crippen LogP contribution in [0.2, 0.25) is 0 Å². The lowest BCUT2D eigenvalue weighted by Gasteiger charge is -2.22. The van der Waals surface area contributed by atoms with E-state index in [4.69, 9.17) is 0 Å². The number of benzene rings is 1. The van der Waals surface area contributed by atoms with Gasteiger partial charge in [-0.15, -0.1) is 0 Å². The maximum absolute atomic E-state index is 11.9. The predicted molar refractivity (Wildman–Crippen MR) is 81.1 cm³/mol. The minimum Gasteiger partial charge on any atom is -0.388 e. The molecular weight excluding hydrogens is 266 g/mol. The van der Waals surface area contributed by atoms with E-state index in [9.17, 15) is 14.7 Å². The van der Waals surface area contributed by atoms with Crippen molar-refractivity contribution in [2.24, 2.45) is 0 Å². The average molecular weight is 289 g/mol. The zero-order chi connectivity index (χ0) is 15.1. The van der Waals surface area contributed by atoms with E-state index < -0.39 is 5.60 Å². The second-order valence-corrected chi connectivity index (χ2v) is 5.85. The van der Waals surface area contributed by atoms with E-state index in [0.29, 0.717) is 31.4 Å². The Balaban J connectivity index is 1.64. The van der Waals surface area contributed by atoms with Gasteiger partial charge in [0.1, 0.15) is 0 Å². The number of amides is 1. The third-order valence-electron chi connectivity index (χ3n) is 4.05. The van der Waals surface area contributed by atoms with E-state index in [2.05, 4.69) is 5.32 Å². The summed E-state index contributed by atoms with van der Waals surface area (Å²) < 4.78 is 0. The molecule has 1 aliphatic carbocycles. The molecule has 4 heteroatoms. The van der Waals surface area contributed by atoms with Gasteiger partial charge in [-0.3, -0.25) is 9.59 Å². The monoisotopic (exact) mass is 289 g/mol. The number of Topliss-reactive ketones (excluding diaryl/α,β-unsaturated/α-hetero) is 1. The van der Waals surface area contributed by atoms with Crippen molar-refractivity contribution in [3.8, 4) is 0 Å². The normalized spacial score (nSPS) is 16.6. The van der Waals surface area contributed by atoms with E-state index in [-0.39, 0.29) is 11.7 Å². The lowest BCUT2D eigenvalue weighted by Crippen LogP contribution is -2.40. The molecule has 1 aliphatic rings. The first-order valence-corrected chi connectivity index (χ1v) is 7.66. The maximum atomic E-state index is 11.9. The summed E-state index contributed by atoms with van der Waals surface area (Å²) in [6, 6.07) is 9.12. The molecule has 1 saturated carbocycles. The minimum absolute atomic E-state index is 0.0674. The van der Waals surface area contributed by atoms with Crippen LogP contribution in [0.15, 0.2) is 30.3 Å². The van der Waals surface area contributed by atoms with Crippen LogP contribution in [0.5, 0.6) is 0 Å². The molecular formula is C17H23NO3. The number of rotatable bonds is 7. The van der Waals surface area contributed by atoms with Gasteiger partial charge in [-0.1, -0.05) is 43.2 Å². The van der Waals surface area contributed by atoms with E-state index in [1.54, 1.807) is 12.1 Å². The van der Waals surface area contributed by atoms with E-state index in [1.807, 2.05) is 18.2 Å². The molecule has 0 heterocycles. The molecule has 1 aromatic carbocycles. The molecule has 1 fully saturated rings. The van der Waals surface area contributed by atoms with Gasteiger partial charge in [0, 0.05) is 24.9 Å². The number of aliphatic hydroxyl groups is 1. The van der Waals surface area contributed by atoms with Gasteiger partial charge in [0.15, 0.2) is 5.78 Å². The van der Waals surface area contributed by atoms with Crippen molar-refractivity contribution < 1.29 is 14.7 Å². The van der Waals surface area contributed by atoms with Crippen molar-refractivity contribution in [2.45, 2.75) is 50.5 Å². The molecule has 2 N–H and O–H groups in total. The van der Waals surface area contributed by atoms with Crippen molar-refractivity contribution in [1.82, 2.24) is 5.32 Å². The molecule has 2 rings (SSSR count). The summed E-state index contributed by atoms with van der Waals surface area (Å²) >= 11 is 0. The third kappa shape index (κ3) is 4.97. The van der Waals surface area contributed by atoms with E-state index in [0.717, 1.165) is 25.7 Å². The van der Waals surface area contributed by atoms with Gasteiger partial charge in [-0.25, -0.2) is 0 Å². The Kier molecular flexibility index (Phi) is 5.51. The highest BCUT2D eigenvalue weighted by molar-refractivity contribution is 5.96. The quantitative estimate of drug-likeness (QED) is 0.758. The lowest BCUT2D eigenvalue weighted by atomic mass is 10.0. The van der Waals surface area contributed by atoms with E-state index in [1.165, 1.54) is 0 Å². The highest BCUT2D eigenvalue weighted by Gasteiger charge is 2.31. The average Bonchev–Trinajstić information content (AvgIpc) is 2.93. The summed E-state index contributed by atoms with van der Waals surface area (Å²) in [6.07, 6.45) is 4.82. The number of ketones is 1. The first-order valence-electron chi connectivity index (χ1n) is 7.66. The third-order valence-corrected chi connectivity index (χ3v) is 4.05. The topological polar surface area (TPSA) is 66.4 Å². The van der Waals surface area contributed by atoms with Crippen LogP contribution in [0, 0.1) is 0 Å². The highest BCUT2D eigenvalue weighted by atomic mass is 16.3. The molecule has 1 aromatic rings. The molecule has 0 aliphatic heterocycles. The molecule has 21 heavy (non-hydrogen) atoms. The fraction of sp³-hybridized carbons (Fsp3) is 0.529. The summed E-state index contributed by atoms with van der Waals surface area (Å²) in [7, 11) is 0. The van der Waals surface area contributed by atoms with Gasteiger partial charge in [-0.2, -0.15) is 0 Å². The first kappa shape index (κ1) is 15.7. The standard InChI is InChI=1S/C17H23NO3/c19-15(14-7-2-1-3-8-14)9-6-10-16(20)18-13-17(21)11-4-5-12-17/h1-3,7-8,21H,4-6,9-13H2,(H,18,20). The van der Waals surface area contributed by atoms with Crippen LogP contribution in [0.25, 0.3) is 0 Å². The Morgan fingerprint density at radius 1 is 1.10 bits per heavy atom. The molecule has 4 nitrogen and oxygen atoms in total. The Morgan fingerprint density at radius 3 is 2.43 bits per heavy atom. The van der Waals surface area contributed by atoms with Crippen molar-refractivity contribution in [2.75, 3.05) is 6.54 Å². The summed E-state index contributed by atoms with van der Waals surface area (Å²) in [5, 5.41) is 12.9.